The van der Waals surface area contributed by atoms with Crippen molar-refractivity contribution in [3.05, 3.63) is 53.1 Å². The number of rotatable bonds is 4. The lowest BCUT2D eigenvalue weighted by atomic mass is 10.1. The number of carbonyl (C=O) groups is 1. The van der Waals surface area contributed by atoms with Gasteiger partial charge in [0, 0.05) is 12.2 Å². The molecule has 128 valence electrons. The van der Waals surface area contributed by atoms with Gasteiger partial charge in [-0.25, -0.2) is 4.79 Å². The third kappa shape index (κ3) is 4.31. The minimum Gasteiger partial charge on any atom is -0.465 e. The Labute approximate surface area is 136 Å². The summed E-state index contributed by atoms with van der Waals surface area (Å²) in [5.41, 5.74) is 7.63. The van der Waals surface area contributed by atoms with E-state index >= 15 is 0 Å². The molecule has 0 fully saturated rings. The van der Waals surface area contributed by atoms with E-state index in [4.69, 9.17) is 10.8 Å². The van der Waals surface area contributed by atoms with Crippen LogP contribution in [-0.2, 0) is 12.7 Å². The largest absolute Gasteiger partial charge is 0.465 e. The molecular formula is C16H16F3N3O2. The average molecular weight is 339 g/mol. The zero-order valence-electron chi connectivity index (χ0n) is 12.7. The van der Waals surface area contributed by atoms with Crippen LogP contribution in [0.4, 0.5) is 35.0 Å². The predicted octanol–water partition coefficient (Wildman–Crippen LogP) is 4.30. The molecule has 0 radical (unpaired) electrons. The molecule has 0 aliphatic rings. The van der Waals surface area contributed by atoms with Gasteiger partial charge in [-0.3, -0.25) is 5.32 Å². The smallest absolute Gasteiger partial charge is 0.416 e. The first-order valence-electron chi connectivity index (χ1n) is 6.97. The summed E-state index contributed by atoms with van der Waals surface area (Å²) in [6, 6.07) is 8.10. The lowest BCUT2D eigenvalue weighted by molar-refractivity contribution is -0.137. The molecule has 2 rings (SSSR count). The summed E-state index contributed by atoms with van der Waals surface area (Å²) < 4.78 is 37.5. The van der Waals surface area contributed by atoms with E-state index in [1.54, 1.807) is 19.1 Å². The fraction of sp³-hybridized carbons (Fsp3) is 0.188. The number of benzene rings is 2. The zero-order valence-corrected chi connectivity index (χ0v) is 12.7. The molecule has 5 nitrogen and oxygen atoms in total. The van der Waals surface area contributed by atoms with Crippen LogP contribution in [0.15, 0.2) is 36.4 Å². The predicted molar refractivity (Wildman–Crippen MR) is 86.0 cm³/mol. The van der Waals surface area contributed by atoms with Crippen LogP contribution >= 0.6 is 0 Å². The number of hydrogen-bond acceptors (Lipinski definition) is 3. The van der Waals surface area contributed by atoms with Gasteiger partial charge in [0.25, 0.3) is 0 Å². The number of amides is 1. The van der Waals surface area contributed by atoms with Crippen molar-refractivity contribution in [3.63, 3.8) is 0 Å². The van der Waals surface area contributed by atoms with Gasteiger partial charge in [-0.15, -0.1) is 0 Å². The average Bonchev–Trinajstić information content (AvgIpc) is 2.48. The Balaban J connectivity index is 2.08. The van der Waals surface area contributed by atoms with Gasteiger partial charge in [0.15, 0.2) is 0 Å². The zero-order chi connectivity index (χ0) is 17.9. The Morgan fingerprint density at radius 3 is 2.33 bits per heavy atom. The molecule has 0 saturated heterocycles. The first-order chi connectivity index (χ1) is 11.2. The van der Waals surface area contributed by atoms with Crippen molar-refractivity contribution >= 4 is 23.2 Å². The lowest BCUT2D eigenvalue weighted by Crippen LogP contribution is -2.11. The van der Waals surface area contributed by atoms with E-state index in [1.165, 1.54) is 12.1 Å². The van der Waals surface area contributed by atoms with Gasteiger partial charge in [0.05, 0.1) is 16.9 Å². The van der Waals surface area contributed by atoms with E-state index < -0.39 is 17.8 Å². The highest BCUT2D eigenvalue weighted by Crippen LogP contribution is 2.30. The second-order valence-corrected chi connectivity index (χ2v) is 5.24. The molecule has 0 bridgehead atoms. The first-order valence-corrected chi connectivity index (χ1v) is 6.97. The van der Waals surface area contributed by atoms with Crippen LogP contribution in [0.5, 0.6) is 0 Å². The molecule has 2 aromatic carbocycles. The van der Waals surface area contributed by atoms with Crippen molar-refractivity contribution in [2.75, 3.05) is 16.4 Å². The summed E-state index contributed by atoms with van der Waals surface area (Å²) >= 11 is 0. The Kier molecular flexibility index (Phi) is 4.87. The Hall–Kier alpha value is -2.90. The van der Waals surface area contributed by atoms with Crippen molar-refractivity contribution in [2.45, 2.75) is 19.6 Å². The molecule has 0 saturated carbocycles. The molecule has 0 aliphatic heterocycles. The number of nitrogens with two attached hydrogens (primary N) is 1. The van der Waals surface area contributed by atoms with Gasteiger partial charge in [0.1, 0.15) is 0 Å². The number of nitrogens with one attached hydrogen (secondary N) is 2. The molecule has 0 heterocycles. The van der Waals surface area contributed by atoms with Crippen LogP contribution in [0.3, 0.4) is 0 Å². The Morgan fingerprint density at radius 1 is 1.21 bits per heavy atom. The number of hydrogen-bond donors (Lipinski definition) is 4. The minimum atomic E-state index is -4.36. The van der Waals surface area contributed by atoms with Crippen molar-refractivity contribution in [1.82, 2.24) is 0 Å². The summed E-state index contributed by atoms with van der Waals surface area (Å²) in [5, 5.41) is 14.0. The summed E-state index contributed by atoms with van der Waals surface area (Å²) in [6.07, 6.45) is -5.57. The maximum Gasteiger partial charge on any atom is 0.416 e. The normalized spacial score (nSPS) is 11.2. The number of halogens is 3. The van der Waals surface area contributed by atoms with Gasteiger partial charge in [0.2, 0.25) is 0 Å². The van der Waals surface area contributed by atoms with Crippen molar-refractivity contribution in [2.24, 2.45) is 0 Å². The second-order valence-electron chi connectivity index (χ2n) is 5.24. The number of nitrogen functional groups attached to an aromatic ring is 1. The maximum atomic E-state index is 12.5. The minimum absolute atomic E-state index is 0.257. The van der Waals surface area contributed by atoms with Crippen molar-refractivity contribution in [1.29, 1.82) is 0 Å². The van der Waals surface area contributed by atoms with Gasteiger partial charge >= 0.3 is 12.3 Å². The summed E-state index contributed by atoms with van der Waals surface area (Å²) in [4.78, 5) is 10.7. The number of anilines is 3. The van der Waals surface area contributed by atoms with Gasteiger partial charge in [-0.1, -0.05) is 12.1 Å². The molecule has 0 aliphatic carbocycles. The van der Waals surface area contributed by atoms with Crippen molar-refractivity contribution < 1.29 is 23.1 Å². The molecule has 2 aromatic rings. The van der Waals surface area contributed by atoms with Crippen LogP contribution in [0.2, 0.25) is 0 Å². The van der Waals surface area contributed by atoms with E-state index in [9.17, 15) is 18.0 Å². The van der Waals surface area contributed by atoms with Gasteiger partial charge in [-0.2, -0.15) is 13.2 Å². The maximum absolute atomic E-state index is 12.5. The quantitative estimate of drug-likeness (QED) is 0.626. The number of carboxylic acid groups (broad SMARTS) is 1. The second kappa shape index (κ2) is 6.69. The van der Waals surface area contributed by atoms with E-state index in [1.807, 2.05) is 0 Å². The molecule has 0 aromatic heterocycles. The summed E-state index contributed by atoms with van der Waals surface area (Å²) in [6.45, 7) is 2.01. The van der Waals surface area contributed by atoms with Gasteiger partial charge < -0.3 is 16.2 Å². The Morgan fingerprint density at radius 2 is 1.83 bits per heavy atom. The van der Waals surface area contributed by atoms with Gasteiger partial charge in [-0.05, 0) is 42.3 Å². The molecule has 8 heteroatoms. The molecule has 0 spiro atoms. The topological polar surface area (TPSA) is 87.4 Å². The summed E-state index contributed by atoms with van der Waals surface area (Å²) in [5.74, 6) is 0. The fourth-order valence-electron chi connectivity index (χ4n) is 2.21. The fourth-order valence-corrected chi connectivity index (χ4v) is 2.21. The molecule has 0 unspecified atom stereocenters. The van der Waals surface area contributed by atoms with E-state index in [2.05, 4.69) is 10.6 Å². The van der Waals surface area contributed by atoms with Crippen LogP contribution in [0, 0.1) is 6.92 Å². The van der Waals surface area contributed by atoms with E-state index in [-0.39, 0.29) is 5.69 Å². The van der Waals surface area contributed by atoms with E-state index in [0.29, 0.717) is 29.0 Å². The molecule has 24 heavy (non-hydrogen) atoms. The van der Waals surface area contributed by atoms with Crippen LogP contribution in [0.1, 0.15) is 16.7 Å². The molecular weight excluding hydrogens is 323 g/mol. The highest BCUT2D eigenvalue weighted by Gasteiger charge is 2.29. The third-order valence-corrected chi connectivity index (χ3v) is 3.38. The number of alkyl halides is 3. The molecule has 5 N–H and O–H groups in total. The number of aryl methyl sites for hydroxylation is 1. The van der Waals surface area contributed by atoms with Crippen LogP contribution in [-0.4, -0.2) is 11.2 Å². The highest BCUT2D eigenvalue weighted by molar-refractivity contribution is 5.90. The molecule has 0 atom stereocenters. The van der Waals surface area contributed by atoms with Crippen LogP contribution < -0.4 is 16.4 Å². The Bertz CT molecular complexity index is 720. The van der Waals surface area contributed by atoms with E-state index in [0.717, 1.165) is 12.1 Å². The van der Waals surface area contributed by atoms with Crippen LogP contribution in [0.25, 0.3) is 0 Å². The highest BCUT2D eigenvalue weighted by atomic mass is 19.4. The first kappa shape index (κ1) is 17.5. The standard InChI is InChI=1S/C16H16F3N3O2/c1-9-6-12(7-13(20)14(9)22-15(23)24)21-8-10-2-4-11(5-3-10)16(17,18)19/h2-7,21-22H,8,20H2,1H3,(H,23,24). The molecule has 1 amide bonds. The monoisotopic (exact) mass is 339 g/mol. The lowest BCUT2D eigenvalue weighted by Gasteiger charge is -2.14. The SMILES string of the molecule is Cc1cc(NCc2ccc(C(F)(F)F)cc2)cc(N)c1NC(=O)O. The third-order valence-electron chi connectivity index (χ3n) is 3.38. The summed E-state index contributed by atoms with van der Waals surface area (Å²) in [7, 11) is 0. The van der Waals surface area contributed by atoms with Crippen molar-refractivity contribution in [3.8, 4) is 0 Å².